The van der Waals surface area contributed by atoms with Gasteiger partial charge in [0.1, 0.15) is 0 Å². The SMILES string of the molecule is O=C(NCC(CO)Cc1ccccn1)c1cc(-c2cccnc2)on1. The van der Waals surface area contributed by atoms with Gasteiger partial charge in [0.25, 0.3) is 5.91 Å². The molecule has 1 amide bonds. The molecule has 1 unspecified atom stereocenters. The molecule has 0 saturated heterocycles. The lowest BCUT2D eigenvalue weighted by Crippen LogP contribution is -2.32. The van der Waals surface area contributed by atoms with Crippen molar-refractivity contribution in [2.24, 2.45) is 5.92 Å². The number of nitrogens with one attached hydrogen (secondary N) is 1. The van der Waals surface area contributed by atoms with Gasteiger partial charge in [0.05, 0.1) is 0 Å². The zero-order valence-corrected chi connectivity index (χ0v) is 13.5. The lowest BCUT2D eigenvalue weighted by Gasteiger charge is -2.14. The monoisotopic (exact) mass is 338 g/mol. The Bertz CT molecular complexity index is 805. The maximum atomic E-state index is 12.2. The summed E-state index contributed by atoms with van der Waals surface area (Å²) in [5.74, 6) is 0.00681. The summed E-state index contributed by atoms with van der Waals surface area (Å²) in [5.41, 5.74) is 1.81. The normalized spacial score (nSPS) is 11.9. The maximum absolute atomic E-state index is 12.2. The second kappa shape index (κ2) is 8.16. The van der Waals surface area contributed by atoms with Gasteiger partial charge in [-0.05, 0) is 30.7 Å². The van der Waals surface area contributed by atoms with E-state index >= 15 is 0 Å². The van der Waals surface area contributed by atoms with Crippen molar-refractivity contribution >= 4 is 5.91 Å². The molecule has 25 heavy (non-hydrogen) atoms. The lowest BCUT2D eigenvalue weighted by atomic mass is 10.0. The highest BCUT2D eigenvalue weighted by atomic mass is 16.5. The van der Waals surface area contributed by atoms with Crippen LogP contribution in [-0.2, 0) is 6.42 Å². The van der Waals surface area contributed by atoms with E-state index in [9.17, 15) is 9.90 Å². The summed E-state index contributed by atoms with van der Waals surface area (Å²) in [7, 11) is 0. The number of aromatic nitrogens is 3. The van der Waals surface area contributed by atoms with E-state index < -0.39 is 0 Å². The molecule has 3 aromatic rings. The number of aliphatic hydroxyl groups is 1. The van der Waals surface area contributed by atoms with E-state index in [1.54, 1.807) is 30.7 Å². The van der Waals surface area contributed by atoms with Crippen molar-refractivity contribution < 1.29 is 14.4 Å². The van der Waals surface area contributed by atoms with Gasteiger partial charge in [0.15, 0.2) is 11.5 Å². The lowest BCUT2D eigenvalue weighted by molar-refractivity contribution is 0.0931. The van der Waals surface area contributed by atoms with Crippen LogP contribution < -0.4 is 5.32 Å². The van der Waals surface area contributed by atoms with Crippen LogP contribution in [0.4, 0.5) is 0 Å². The third kappa shape index (κ3) is 4.48. The number of pyridine rings is 2. The summed E-state index contributed by atoms with van der Waals surface area (Å²) in [5, 5.41) is 16.1. The molecule has 0 aromatic carbocycles. The van der Waals surface area contributed by atoms with E-state index in [1.165, 1.54) is 0 Å². The fourth-order valence-electron chi connectivity index (χ4n) is 2.37. The summed E-state index contributed by atoms with van der Waals surface area (Å²) in [6.07, 6.45) is 5.58. The van der Waals surface area contributed by atoms with Gasteiger partial charge in [-0.25, -0.2) is 0 Å². The molecule has 0 aliphatic heterocycles. The van der Waals surface area contributed by atoms with Crippen molar-refractivity contribution in [3.63, 3.8) is 0 Å². The van der Waals surface area contributed by atoms with E-state index in [1.807, 2.05) is 24.3 Å². The first-order chi connectivity index (χ1) is 12.3. The van der Waals surface area contributed by atoms with Crippen LogP contribution in [0, 0.1) is 5.92 Å². The molecule has 2 N–H and O–H groups in total. The first-order valence-electron chi connectivity index (χ1n) is 7.92. The average Bonchev–Trinajstić information content (AvgIpc) is 3.17. The van der Waals surface area contributed by atoms with Gasteiger partial charge in [-0.1, -0.05) is 11.2 Å². The second-order valence-corrected chi connectivity index (χ2v) is 5.60. The van der Waals surface area contributed by atoms with Crippen molar-refractivity contribution in [1.82, 2.24) is 20.4 Å². The zero-order chi connectivity index (χ0) is 17.5. The number of rotatable bonds is 7. The van der Waals surface area contributed by atoms with Crippen LogP contribution in [0.1, 0.15) is 16.2 Å². The summed E-state index contributed by atoms with van der Waals surface area (Å²) < 4.78 is 5.19. The Morgan fingerprint density at radius 3 is 2.88 bits per heavy atom. The Kier molecular flexibility index (Phi) is 5.48. The van der Waals surface area contributed by atoms with Crippen molar-refractivity contribution in [1.29, 1.82) is 0 Å². The van der Waals surface area contributed by atoms with Crippen LogP contribution in [0.25, 0.3) is 11.3 Å². The Morgan fingerprint density at radius 2 is 2.16 bits per heavy atom. The van der Waals surface area contributed by atoms with E-state index in [0.717, 1.165) is 11.3 Å². The highest BCUT2D eigenvalue weighted by molar-refractivity contribution is 5.93. The minimum Gasteiger partial charge on any atom is -0.396 e. The average molecular weight is 338 g/mol. The summed E-state index contributed by atoms with van der Waals surface area (Å²) in [6.45, 7) is 0.275. The molecule has 0 aliphatic rings. The van der Waals surface area contributed by atoms with E-state index in [4.69, 9.17) is 4.52 Å². The number of amides is 1. The predicted octanol–water partition coefficient (Wildman–Crippen LogP) is 1.71. The van der Waals surface area contributed by atoms with Gasteiger partial charge >= 0.3 is 0 Å². The largest absolute Gasteiger partial charge is 0.396 e. The zero-order valence-electron chi connectivity index (χ0n) is 13.5. The highest BCUT2D eigenvalue weighted by Gasteiger charge is 2.16. The molecule has 3 rings (SSSR count). The first-order valence-corrected chi connectivity index (χ1v) is 7.92. The Morgan fingerprint density at radius 1 is 1.24 bits per heavy atom. The van der Waals surface area contributed by atoms with Gasteiger partial charge in [-0.15, -0.1) is 0 Å². The number of aliphatic hydroxyl groups excluding tert-OH is 1. The van der Waals surface area contributed by atoms with Crippen LogP contribution in [0.15, 0.2) is 59.5 Å². The van der Waals surface area contributed by atoms with Crippen molar-refractivity contribution in [3.05, 3.63) is 66.4 Å². The minimum atomic E-state index is -0.349. The summed E-state index contributed by atoms with van der Waals surface area (Å²) >= 11 is 0. The van der Waals surface area contributed by atoms with Crippen LogP contribution >= 0.6 is 0 Å². The molecule has 128 valence electrons. The van der Waals surface area contributed by atoms with Gasteiger partial charge in [0, 0.05) is 55.0 Å². The molecule has 0 fully saturated rings. The summed E-state index contributed by atoms with van der Waals surface area (Å²) in [6, 6.07) is 10.8. The number of carbonyl (C=O) groups is 1. The van der Waals surface area contributed by atoms with Crippen molar-refractivity contribution in [3.8, 4) is 11.3 Å². The van der Waals surface area contributed by atoms with Gasteiger partial charge in [-0.3, -0.25) is 14.8 Å². The smallest absolute Gasteiger partial charge is 0.273 e. The van der Waals surface area contributed by atoms with E-state index in [2.05, 4.69) is 20.4 Å². The number of nitrogens with zero attached hydrogens (tertiary/aromatic N) is 3. The molecule has 7 nitrogen and oxygen atoms in total. The Labute approximate surface area is 144 Å². The van der Waals surface area contributed by atoms with Crippen LogP contribution in [-0.4, -0.2) is 39.3 Å². The fraction of sp³-hybridized carbons (Fsp3) is 0.222. The minimum absolute atomic E-state index is 0.0450. The molecular formula is C18H18N4O3. The molecule has 1 atom stereocenters. The summed E-state index contributed by atoms with van der Waals surface area (Å²) in [4.78, 5) is 20.5. The van der Waals surface area contributed by atoms with E-state index in [-0.39, 0.29) is 24.1 Å². The van der Waals surface area contributed by atoms with Crippen molar-refractivity contribution in [2.75, 3.05) is 13.2 Å². The molecule has 7 heteroatoms. The molecular weight excluding hydrogens is 320 g/mol. The quantitative estimate of drug-likeness (QED) is 0.680. The van der Waals surface area contributed by atoms with Crippen LogP contribution in [0.2, 0.25) is 0 Å². The first kappa shape index (κ1) is 16.8. The molecule has 0 radical (unpaired) electrons. The molecule has 0 bridgehead atoms. The Balaban J connectivity index is 1.57. The van der Waals surface area contributed by atoms with Gasteiger partial charge in [-0.2, -0.15) is 0 Å². The highest BCUT2D eigenvalue weighted by Crippen LogP contribution is 2.18. The number of hydrogen-bond donors (Lipinski definition) is 2. The third-order valence-electron chi connectivity index (χ3n) is 3.72. The third-order valence-corrected chi connectivity index (χ3v) is 3.72. The van der Waals surface area contributed by atoms with Crippen LogP contribution in [0.5, 0.6) is 0 Å². The second-order valence-electron chi connectivity index (χ2n) is 5.60. The maximum Gasteiger partial charge on any atom is 0.273 e. The molecule has 0 spiro atoms. The van der Waals surface area contributed by atoms with Crippen molar-refractivity contribution in [2.45, 2.75) is 6.42 Å². The Hall–Kier alpha value is -3.06. The molecule has 0 aliphatic carbocycles. The molecule has 3 aromatic heterocycles. The molecule has 0 saturated carbocycles. The van der Waals surface area contributed by atoms with Gasteiger partial charge in [0.2, 0.25) is 0 Å². The van der Waals surface area contributed by atoms with E-state index in [0.29, 0.717) is 18.7 Å². The number of carbonyl (C=O) groups excluding carboxylic acids is 1. The topological polar surface area (TPSA) is 101 Å². The predicted molar refractivity (Wildman–Crippen MR) is 90.6 cm³/mol. The fourth-order valence-corrected chi connectivity index (χ4v) is 2.37. The molecule has 3 heterocycles. The standard InChI is InChI=1S/C18H18N4O3/c23-12-13(8-15-5-1-2-7-20-15)10-21-18(24)16-9-17(25-22-16)14-4-3-6-19-11-14/h1-7,9,11,13,23H,8,10,12H2,(H,21,24). The van der Waals surface area contributed by atoms with Gasteiger partial charge < -0.3 is 14.9 Å². The number of hydrogen-bond acceptors (Lipinski definition) is 6. The van der Waals surface area contributed by atoms with Crippen LogP contribution in [0.3, 0.4) is 0 Å².